The molecule has 2 aliphatic heterocycles. The molecular weight excluding hydrogens is 515 g/mol. The van der Waals surface area contributed by atoms with Crippen LogP contribution in [-0.4, -0.2) is 76.5 Å². The minimum absolute atomic E-state index is 0.354. The van der Waals surface area contributed by atoms with Gasteiger partial charge in [-0.2, -0.15) is 0 Å². The molecule has 210 valence electrons. The number of amides is 3. The van der Waals surface area contributed by atoms with E-state index >= 15 is 0 Å². The van der Waals surface area contributed by atoms with Crippen LogP contribution in [0.5, 0.6) is 5.75 Å². The van der Waals surface area contributed by atoms with Gasteiger partial charge >= 0.3 is 6.09 Å². The molecule has 0 N–H and O–H groups in total. The van der Waals surface area contributed by atoms with Gasteiger partial charge in [0.2, 0.25) is 0 Å². The number of carbonyl (C=O) groups is 3. The SMILES string of the molecule is COc1c(CN2CCN(C(=O)OC(C)(C)C)CC2)c([C@H](C)N2C(=O)c3ccccc3C2=O)nc2ccc(F)cc12. The van der Waals surface area contributed by atoms with Crippen molar-refractivity contribution in [2.75, 3.05) is 33.3 Å². The predicted octanol–water partition coefficient (Wildman–Crippen LogP) is 4.79. The molecule has 0 bridgehead atoms. The number of carbonyl (C=O) groups excluding carboxylic acids is 3. The van der Waals surface area contributed by atoms with E-state index < -0.39 is 17.5 Å². The highest BCUT2D eigenvalue weighted by Crippen LogP contribution is 2.39. The fourth-order valence-electron chi connectivity index (χ4n) is 5.32. The second-order valence-electron chi connectivity index (χ2n) is 11.1. The number of nitrogens with zero attached hydrogens (tertiary/aromatic N) is 4. The number of hydrogen-bond donors (Lipinski definition) is 0. The number of aromatic nitrogens is 1. The number of ether oxygens (including phenoxy) is 2. The summed E-state index contributed by atoms with van der Waals surface area (Å²) in [6.45, 7) is 9.69. The van der Waals surface area contributed by atoms with E-state index in [1.54, 1.807) is 42.2 Å². The summed E-state index contributed by atoms with van der Waals surface area (Å²) in [5.74, 6) is -0.752. The molecule has 1 saturated heterocycles. The quantitative estimate of drug-likeness (QED) is 0.423. The van der Waals surface area contributed by atoms with Crippen LogP contribution >= 0.6 is 0 Å². The van der Waals surface area contributed by atoms with E-state index in [1.807, 2.05) is 20.8 Å². The first kappa shape index (κ1) is 27.5. The van der Waals surface area contributed by atoms with Crippen molar-refractivity contribution in [3.05, 3.63) is 70.7 Å². The Bertz CT molecular complexity index is 1460. The molecule has 2 aromatic carbocycles. The lowest BCUT2D eigenvalue weighted by Crippen LogP contribution is -2.49. The monoisotopic (exact) mass is 548 g/mol. The largest absolute Gasteiger partial charge is 0.496 e. The predicted molar refractivity (Wildman–Crippen MR) is 147 cm³/mol. The number of piperazine rings is 1. The zero-order valence-electron chi connectivity index (χ0n) is 23.4. The lowest BCUT2D eigenvalue weighted by molar-refractivity contribution is 0.0138. The van der Waals surface area contributed by atoms with Crippen molar-refractivity contribution >= 4 is 28.8 Å². The van der Waals surface area contributed by atoms with Crippen LogP contribution in [0.3, 0.4) is 0 Å². The van der Waals surface area contributed by atoms with Crippen LogP contribution in [-0.2, 0) is 11.3 Å². The van der Waals surface area contributed by atoms with Crippen molar-refractivity contribution in [2.45, 2.75) is 45.9 Å². The highest BCUT2D eigenvalue weighted by molar-refractivity contribution is 6.21. The number of fused-ring (bicyclic) bond motifs is 2. The van der Waals surface area contributed by atoms with Crippen LogP contribution < -0.4 is 4.74 Å². The third-order valence-corrected chi connectivity index (χ3v) is 7.25. The van der Waals surface area contributed by atoms with Crippen LogP contribution in [0, 0.1) is 5.82 Å². The zero-order chi connectivity index (χ0) is 28.8. The molecule has 3 amide bonds. The van der Waals surface area contributed by atoms with Crippen LogP contribution in [0.4, 0.5) is 9.18 Å². The maximum Gasteiger partial charge on any atom is 0.410 e. The fourth-order valence-corrected chi connectivity index (χ4v) is 5.32. The summed E-state index contributed by atoms with van der Waals surface area (Å²) in [4.78, 5) is 49.1. The number of halogens is 1. The molecular formula is C30H33FN4O5. The summed E-state index contributed by atoms with van der Waals surface area (Å²) in [6, 6.07) is 10.3. The van der Waals surface area contributed by atoms with Gasteiger partial charge in [-0.05, 0) is 58.0 Å². The Labute approximate surface area is 232 Å². The van der Waals surface area contributed by atoms with Crippen molar-refractivity contribution in [1.29, 1.82) is 0 Å². The lowest BCUT2D eigenvalue weighted by Gasteiger charge is -2.36. The number of pyridine rings is 1. The minimum atomic E-state index is -0.714. The topological polar surface area (TPSA) is 92.3 Å². The normalized spacial score (nSPS) is 16.9. The van der Waals surface area contributed by atoms with Gasteiger partial charge in [-0.1, -0.05) is 12.1 Å². The molecule has 0 radical (unpaired) electrons. The second-order valence-corrected chi connectivity index (χ2v) is 11.1. The molecule has 1 atom stereocenters. The van der Waals surface area contributed by atoms with Gasteiger partial charge < -0.3 is 14.4 Å². The molecule has 3 heterocycles. The first-order valence-electron chi connectivity index (χ1n) is 13.3. The van der Waals surface area contributed by atoms with Gasteiger partial charge in [-0.25, -0.2) is 14.2 Å². The minimum Gasteiger partial charge on any atom is -0.496 e. The second kappa shape index (κ2) is 10.5. The van der Waals surface area contributed by atoms with E-state index in [1.165, 1.54) is 24.1 Å². The first-order valence-corrected chi connectivity index (χ1v) is 13.3. The highest BCUT2D eigenvalue weighted by Gasteiger charge is 2.40. The Kier molecular flexibility index (Phi) is 7.22. The molecule has 5 rings (SSSR count). The first-order chi connectivity index (χ1) is 19.0. The van der Waals surface area contributed by atoms with Gasteiger partial charge in [0.15, 0.2) is 0 Å². The average Bonchev–Trinajstić information content (AvgIpc) is 3.17. The molecule has 0 aliphatic carbocycles. The van der Waals surface area contributed by atoms with Crippen molar-refractivity contribution in [3.63, 3.8) is 0 Å². The molecule has 1 fully saturated rings. The molecule has 0 unspecified atom stereocenters. The van der Waals surface area contributed by atoms with Crippen molar-refractivity contribution in [1.82, 2.24) is 19.7 Å². The van der Waals surface area contributed by atoms with Crippen molar-refractivity contribution < 1.29 is 28.2 Å². The third kappa shape index (κ3) is 5.11. The van der Waals surface area contributed by atoms with Crippen molar-refractivity contribution in [3.8, 4) is 5.75 Å². The highest BCUT2D eigenvalue weighted by atomic mass is 19.1. The molecule has 10 heteroatoms. The molecule has 0 spiro atoms. The number of methoxy groups -OCH3 is 1. The number of hydrogen-bond acceptors (Lipinski definition) is 7. The number of rotatable bonds is 5. The Morgan fingerprint density at radius 1 is 1.02 bits per heavy atom. The maximum absolute atomic E-state index is 14.3. The van der Waals surface area contributed by atoms with Gasteiger partial charge in [0.1, 0.15) is 17.2 Å². The molecule has 1 aromatic heterocycles. The number of benzene rings is 2. The van der Waals surface area contributed by atoms with Crippen molar-refractivity contribution in [2.24, 2.45) is 0 Å². The van der Waals surface area contributed by atoms with E-state index in [0.29, 0.717) is 71.8 Å². The van der Waals surface area contributed by atoms with Gasteiger partial charge in [0, 0.05) is 43.7 Å². The number of imide groups is 1. The van der Waals surface area contributed by atoms with Gasteiger partial charge in [-0.3, -0.25) is 19.4 Å². The van der Waals surface area contributed by atoms with E-state index in [2.05, 4.69) is 4.90 Å². The zero-order valence-corrected chi connectivity index (χ0v) is 23.4. The van der Waals surface area contributed by atoms with Crippen LogP contribution in [0.25, 0.3) is 10.9 Å². The van der Waals surface area contributed by atoms with Crippen LogP contribution in [0.15, 0.2) is 42.5 Å². The van der Waals surface area contributed by atoms with Gasteiger partial charge in [-0.15, -0.1) is 0 Å². The maximum atomic E-state index is 14.3. The smallest absolute Gasteiger partial charge is 0.410 e. The molecule has 0 saturated carbocycles. The van der Waals surface area contributed by atoms with Gasteiger partial charge in [0.25, 0.3) is 11.8 Å². The van der Waals surface area contributed by atoms with E-state index in [4.69, 9.17) is 14.5 Å². The summed E-state index contributed by atoms with van der Waals surface area (Å²) in [5.41, 5.74) is 1.79. The molecule has 40 heavy (non-hydrogen) atoms. The Balaban J connectivity index is 1.49. The Morgan fingerprint density at radius 2 is 1.65 bits per heavy atom. The summed E-state index contributed by atoms with van der Waals surface area (Å²) >= 11 is 0. The van der Waals surface area contributed by atoms with E-state index in [0.717, 1.165) is 0 Å². The average molecular weight is 549 g/mol. The molecule has 9 nitrogen and oxygen atoms in total. The van der Waals surface area contributed by atoms with Crippen LogP contribution in [0.1, 0.15) is 65.7 Å². The summed E-state index contributed by atoms with van der Waals surface area (Å²) in [5, 5.41) is 0.503. The fraction of sp³-hybridized carbons (Fsp3) is 0.400. The molecule has 2 aliphatic rings. The van der Waals surface area contributed by atoms with Crippen LogP contribution in [0.2, 0.25) is 0 Å². The van der Waals surface area contributed by atoms with Gasteiger partial charge in [0.05, 0.1) is 35.5 Å². The summed E-state index contributed by atoms with van der Waals surface area (Å²) in [6.07, 6.45) is -0.354. The molecule has 3 aromatic rings. The van der Waals surface area contributed by atoms with E-state index in [9.17, 15) is 18.8 Å². The lowest BCUT2D eigenvalue weighted by atomic mass is 10.0. The summed E-state index contributed by atoms with van der Waals surface area (Å²) in [7, 11) is 1.51. The van der Waals surface area contributed by atoms with E-state index in [-0.39, 0.29) is 17.9 Å². The Hall–Kier alpha value is -4.05. The Morgan fingerprint density at radius 3 is 2.23 bits per heavy atom. The summed E-state index contributed by atoms with van der Waals surface area (Å²) < 4.78 is 25.6. The third-order valence-electron chi connectivity index (χ3n) is 7.25. The standard InChI is InChI=1S/C30H33FN4O5/c1-18(35-27(36)20-8-6-7-9-21(20)28(35)37)25-23(26(39-5)22-16-19(31)10-11-24(22)32-25)17-33-12-14-34(15-13-33)29(38)40-30(2,3)4/h6-11,16,18H,12-15,17H2,1-5H3/t18-/m0/s1.